The summed E-state index contributed by atoms with van der Waals surface area (Å²) in [6, 6.07) is 0. The molecule has 0 spiro atoms. The van der Waals surface area contributed by atoms with E-state index in [2.05, 4.69) is 42.9 Å². The van der Waals surface area contributed by atoms with Crippen molar-refractivity contribution >= 4 is 53.0 Å². The number of rotatable bonds is 4. The molecule has 4 nitrogen and oxygen atoms in total. The van der Waals surface area contributed by atoms with Gasteiger partial charge >= 0.3 is 0 Å². The number of guanidine groups is 1. The Morgan fingerprint density at radius 2 is 2.23 bits per heavy atom. The van der Waals surface area contributed by atoms with Crippen molar-refractivity contribution in [2.45, 2.75) is 45.4 Å². The Balaban J connectivity index is 0.00000242. The van der Waals surface area contributed by atoms with Gasteiger partial charge in [-0.3, -0.25) is 0 Å². The van der Waals surface area contributed by atoms with Gasteiger partial charge in [-0.1, -0.05) is 6.92 Å². The lowest BCUT2D eigenvalue weighted by Crippen LogP contribution is -2.50. The Labute approximate surface area is 159 Å². The molecule has 2 rings (SSSR count). The summed E-state index contributed by atoms with van der Waals surface area (Å²) in [5.74, 6) is 2.19. The number of aliphatic imine (C=N–C) groups is 1. The maximum atomic E-state index is 4.79. The summed E-state index contributed by atoms with van der Waals surface area (Å²) in [5, 5.41) is 4.53. The molecule has 1 fully saturated rings. The minimum absolute atomic E-state index is 0. The van der Waals surface area contributed by atoms with Gasteiger partial charge in [-0.05, 0) is 27.2 Å². The maximum Gasteiger partial charge on any atom is 0.194 e. The SMILES string of the molecule is CCNC(=NCc1ncc(CC)s1)N1CCSC(C)(C)C1.I. The van der Waals surface area contributed by atoms with Gasteiger partial charge in [-0.15, -0.1) is 35.3 Å². The van der Waals surface area contributed by atoms with Crippen molar-refractivity contribution in [2.75, 3.05) is 25.4 Å². The molecular weight excluding hydrogens is 427 g/mol. The van der Waals surface area contributed by atoms with Crippen molar-refractivity contribution < 1.29 is 0 Å². The molecule has 1 aromatic rings. The predicted octanol–water partition coefficient (Wildman–Crippen LogP) is 3.62. The molecule has 126 valence electrons. The smallest absolute Gasteiger partial charge is 0.194 e. The summed E-state index contributed by atoms with van der Waals surface area (Å²) in [6.45, 7) is 12.6. The number of aryl methyl sites for hydroxylation is 1. The second kappa shape index (κ2) is 9.32. The van der Waals surface area contributed by atoms with Crippen LogP contribution in [-0.2, 0) is 13.0 Å². The molecule has 1 N–H and O–H groups in total. The van der Waals surface area contributed by atoms with Gasteiger partial charge in [0.05, 0.1) is 6.54 Å². The fourth-order valence-electron chi connectivity index (χ4n) is 2.35. The van der Waals surface area contributed by atoms with Crippen LogP contribution in [0, 0.1) is 0 Å². The molecule has 0 bridgehead atoms. The zero-order valence-electron chi connectivity index (χ0n) is 13.9. The van der Waals surface area contributed by atoms with Crippen LogP contribution in [0.1, 0.15) is 37.6 Å². The molecular formula is C15H27IN4S2. The van der Waals surface area contributed by atoms with Crippen LogP contribution >= 0.6 is 47.1 Å². The van der Waals surface area contributed by atoms with Crippen LogP contribution in [0.15, 0.2) is 11.2 Å². The molecule has 0 saturated carbocycles. The average Bonchev–Trinajstić information content (AvgIpc) is 2.90. The monoisotopic (exact) mass is 454 g/mol. The Morgan fingerprint density at radius 1 is 1.45 bits per heavy atom. The number of aromatic nitrogens is 1. The second-order valence-electron chi connectivity index (χ2n) is 5.77. The first kappa shape index (κ1) is 20.0. The summed E-state index contributed by atoms with van der Waals surface area (Å²) in [4.78, 5) is 13.0. The lowest BCUT2D eigenvalue weighted by molar-refractivity contribution is 0.376. The Bertz CT molecular complexity index is 488. The van der Waals surface area contributed by atoms with E-state index in [0.29, 0.717) is 11.3 Å². The van der Waals surface area contributed by atoms with Crippen molar-refractivity contribution in [3.05, 3.63) is 16.1 Å². The fourth-order valence-corrected chi connectivity index (χ4v) is 4.25. The van der Waals surface area contributed by atoms with Gasteiger partial charge in [0.25, 0.3) is 0 Å². The summed E-state index contributed by atoms with van der Waals surface area (Å²) >= 11 is 3.82. The third-order valence-corrected chi connectivity index (χ3v) is 5.80. The number of hydrogen-bond acceptors (Lipinski definition) is 4. The van der Waals surface area contributed by atoms with E-state index >= 15 is 0 Å². The van der Waals surface area contributed by atoms with Crippen LogP contribution in [0.3, 0.4) is 0 Å². The number of thiazole rings is 1. The van der Waals surface area contributed by atoms with E-state index in [-0.39, 0.29) is 24.0 Å². The van der Waals surface area contributed by atoms with Crippen molar-refractivity contribution in [1.29, 1.82) is 0 Å². The van der Waals surface area contributed by atoms with Crippen LogP contribution in [0.2, 0.25) is 0 Å². The first-order chi connectivity index (χ1) is 10.0. The summed E-state index contributed by atoms with van der Waals surface area (Å²) in [5.41, 5.74) is 0. The van der Waals surface area contributed by atoms with E-state index in [9.17, 15) is 0 Å². The highest BCUT2D eigenvalue weighted by molar-refractivity contribution is 14.0. The predicted molar refractivity (Wildman–Crippen MR) is 110 cm³/mol. The minimum atomic E-state index is 0. The quantitative estimate of drug-likeness (QED) is 0.429. The van der Waals surface area contributed by atoms with Gasteiger partial charge in [-0.25, -0.2) is 9.98 Å². The molecule has 1 aliphatic heterocycles. The van der Waals surface area contributed by atoms with Crippen LogP contribution in [-0.4, -0.2) is 46.0 Å². The highest BCUT2D eigenvalue weighted by Gasteiger charge is 2.28. The lowest BCUT2D eigenvalue weighted by Gasteiger charge is -2.39. The lowest BCUT2D eigenvalue weighted by atomic mass is 10.2. The number of thioether (sulfide) groups is 1. The van der Waals surface area contributed by atoms with Gasteiger partial charge in [0.15, 0.2) is 5.96 Å². The van der Waals surface area contributed by atoms with E-state index in [4.69, 9.17) is 4.99 Å². The molecule has 22 heavy (non-hydrogen) atoms. The molecule has 1 aromatic heterocycles. The Morgan fingerprint density at radius 3 is 2.82 bits per heavy atom. The molecule has 1 aliphatic rings. The van der Waals surface area contributed by atoms with Crippen LogP contribution in [0.25, 0.3) is 0 Å². The molecule has 7 heteroatoms. The van der Waals surface area contributed by atoms with Crippen LogP contribution < -0.4 is 5.32 Å². The van der Waals surface area contributed by atoms with Crippen molar-refractivity contribution in [3.63, 3.8) is 0 Å². The van der Waals surface area contributed by atoms with Crippen LogP contribution in [0.4, 0.5) is 0 Å². The normalized spacial score (nSPS) is 18.0. The number of halogens is 1. The van der Waals surface area contributed by atoms with E-state index in [1.807, 2.05) is 18.0 Å². The van der Waals surface area contributed by atoms with Crippen molar-refractivity contribution in [3.8, 4) is 0 Å². The highest BCUT2D eigenvalue weighted by Crippen LogP contribution is 2.29. The zero-order valence-corrected chi connectivity index (χ0v) is 17.8. The Kier molecular flexibility index (Phi) is 8.48. The Hall–Kier alpha value is -0.0200. The average molecular weight is 454 g/mol. The summed E-state index contributed by atoms with van der Waals surface area (Å²) < 4.78 is 0.297. The molecule has 0 radical (unpaired) electrons. The largest absolute Gasteiger partial charge is 0.357 e. The molecule has 0 atom stereocenters. The first-order valence-electron chi connectivity index (χ1n) is 7.65. The van der Waals surface area contributed by atoms with E-state index in [1.54, 1.807) is 11.3 Å². The minimum Gasteiger partial charge on any atom is -0.357 e. The third-order valence-electron chi connectivity index (χ3n) is 3.37. The standard InChI is InChI=1S/C15H26N4S2.HI/c1-5-12-9-17-13(21-12)10-18-14(16-6-2)19-7-8-20-15(3,4)11-19;/h9H,5-8,10-11H2,1-4H3,(H,16,18);1H. The van der Waals surface area contributed by atoms with Crippen molar-refractivity contribution in [2.24, 2.45) is 4.99 Å². The second-order valence-corrected chi connectivity index (χ2v) is 8.78. The first-order valence-corrected chi connectivity index (χ1v) is 9.45. The highest BCUT2D eigenvalue weighted by atomic mass is 127. The number of hydrogen-bond donors (Lipinski definition) is 1. The van der Waals surface area contributed by atoms with Gasteiger partial charge < -0.3 is 10.2 Å². The molecule has 0 aromatic carbocycles. The topological polar surface area (TPSA) is 40.5 Å². The number of nitrogens with zero attached hydrogens (tertiary/aromatic N) is 3. The molecule has 2 heterocycles. The van der Waals surface area contributed by atoms with E-state index < -0.39 is 0 Å². The maximum absolute atomic E-state index is 4.79. The van der Waals surface area contributed by atoms with Crippen LogP contribution in [0.5, 0.6) is 0 Å². The summed E-state index contributed by atoms with van der Waals surface area (Å²) in [7, 11) is 0. The summed E-state index contributed by atoms with van der Waals surface area (Å²) in [6.07, 6.45) is 3.03. The number of nitrogens with one attached hydrogen (secondary N) is 1. The molecule has 0 amide bonds. The molecule has 0 unspecified atom stereocenters. The molecule has 0 aliphatic carbocycles. The zero-order chi connectivity index (χ0) is 15.3. The van der Waals surface area contributed by atoms with Gasteiger partial charge in [0, 0.05) is 41.2 Å². The van der Waals surface area contributed by atoms with E-state index in [1.165, 1.54) is 4.88 Å². The van der Waals surface area contributed by atoms with Gasteiger partial charge in [-0.2, -0.15) is 11.8 Å². The fraction of sp³-hybridized carbons (Fsp3) is 0.733. The third kappa shape index (κ3) is 5.88. The van der Waals surface area contributed by atoms with Gasteiger partial charge in [0.2, 0.25) is 0 Å². The van der Waals surface area contributed by atoms with Gasteiger partial charge in [0.1, 0.15) is 5.01 Å². The van der Waals surface area contributed by atoms with E-state index in [0.717, 1.165) is 42.8 Å². The molecule has 1 saturated heterocycles. The van der Waals surface area contributed by atoms with Crippen molar-refractivity contribution in [1.82, 2.24) is 15.2 Å².